The molecule has 0 saturated heterocycles. The van der Waals surface area contributed by atoms with E-state index in [-0.39, 0.29) is 5.41 Å². The molecule has 102 valence electrons. The molecule has 0 saturated carbocycles. The first kappa shape index (κ1) is 14.3. The van der Waals surface area contributed by atoms with Crippen LogP contribution in [0.25, 0.3) is 10.9 Å². The maximum absolute atomic E-state index is 5.82. The Hall–Kier alpha value is -1.12. The van der Waals surface area contributed by atoms with Crippen molar-refractivity contribution in [1.29, 1.82) is 0 Å². The topological polar surface area (TPSA) is 24.9 Å². The number of aromatic nitrogens is 1. The fourth-order valence-electron chi connectivity index (χ4n) is 2.19. The molecule has 3 heteroatoms. The normalized spacial score (nSPS) is 11.9. The van der Waals surface area contributed by atoms with E-state index >= 15 is 0 Å². The summed E-state index contributed by atoms with van der Waals surface area (Å²) in [6.07, 6.45) is 2.87. The number of benzene rings is 1. The molecule has 0 aliphatic rings. The average molecular weight is 277 g/mol. The predicted molar refractivity (Wildman–Crippen MR) is 82.6 cm³/mol. The lowest BCUT2D eigenvalue weighted by atomic mass is 9.90. The quantitative estimate of drug-likeness (QED) is 0.807. The molecular formula is C16H21ClN2. The third-order valence-corrected chi connectivity index (χ3v) is 3.60. The number of halogens is 1. The van der Waals surface area contributed by atoms with Crippen LogP contribution in [-0.2, 0) is 6.54 Å². The number of alkyl halides is 1. The van der Waals surface area contributed by atoms with E-state index in [2.05, 4.69) is 48.4 Å². The third kappa shape index (κ3) is 3.92. The van der Waals surface area contributed by atoms with Gasteiger partial charge in [-0.2, -0.15) is 0 Å². The van der Waals surface area contributed by atoms with Crippen molar-refractivity contribution in [1.82, 2.24) is 10.3 Å². The van der Waals surface area contributed by atoms with E-state index in [0.29, 0.717) is 5.88 Å². The van der Waals surface area contributed by atoms with Gasteiger partial charge in [-0.25, -0.2) is 0 Å². The molecular weight excluding hydrogens is 256 g/mol. The third-order valence-electron chi connectivity index (χ3n) is 3.41. The van der Waals surface area contributed by atoms with Gasteiger partial charge in [-0.3, -0.25) is 4.98 Å². The van der Waals surface area contributed by atoms with Crippen LogP contribution < -0.4 is 5.32 Å². The molecule has 0 spiro atoms. The van der Waals surface area contributed by atoms with Gasteiger partial charge >= 0.3 is 0 Å². The molecule has 0 atom stereocenters. The van der Waals surface area contributed by atoms with Crippen LogP contribution in [0.15, 0.2) is 36.5 Å². The first-order valence-electron chi connectivity index (χ1n) is 6.72. The summed E-state index contributed by atoms with van der Waals surface area (Å²) >= 11 is 5.82. The Morgan fingerprint density at radius 2 is 2.00 bits per heavy atom. The summed E-state index contributed by atoms with van der Waals surface area (Å²) in [7, 11) is 0. The van der Waals surface area contributed by atoms with Gasteiger partial charge in [0.05, 0.1) is 5.52 Å². The van der Waals surface area contributed by atoms with E-state index < -0.39 is 0 Å². The molecule has 0 aliphatic carbocycles. The van der Waals surface area contributed by atoms with Crippen molar-refractivity contribution in [3.05, 3.63) is 42.1 Å². The number of pyridine rings is 1. The Morgan fingerprint density at radius 1 is 1.21 bits per heavy atom. The fraction of sp³-hybridized carbons (Fsp3) is 0.438. The van der Waals surface area contributed by atoms with Crippen LogP contribution in [0.1, 0.15) is 25.8 Å². The van der Waals surface area contributed by atoms with Crippen LogP contribution in [0.4, 0.5) is 0 Å². The number of rotatable bonds is 6. The minimum Gasteiger partial charge on any atom is -0.312 e. The highest BCUT2D eigenvalue weighted by Gasteiger charge is 2.16. The molecule has 0 amide bonds. The van der Waals surface area contributed by atoms with Crippen LogP contribution in [0.5, 0.6) is 0 Å². The van der Waals surface area contributed by atoms with Crippen molar-refractivity contribution < 1.29 is 0 Å². The number of nitrogens with one attached hydrogen (secondary N) is 1. The number of para-hydroxylation sites is 1. The van der Waals surface area contributed by atoms with Crippen molar-refractivity contribution in [2.75, 3.05) is 12.4 Å². The van der Waals surface area contributed by atoms with Gasteiger partial charge in [0.15, 0.2) is 0 Å². The number of fused-ring (bicyclic) bond motifs is 1. The van der Waals surface area contributed by atoms with Gasteiger partial charge in [0.1, 0.15) is 0 Å². The standard InChI is InChI=1S/C16H21ClN2/c1-16(2,8-9-17)12-18-11-14-6-3-5-13-7-4-10-19-15(13)14/h3-7,10,18H,8-9,11-12H2,1-2H3. The largest absolute Gasteiger partial charge is 0.312 e. The maximum atomic E-state index is 5.82. The molecule has 1 aromatic carbocycles. The molecule has 1 N–H and O–H groups in total. The maximum Gasteiger partial charge on any atom is 0.0746 e. The van der Waals surface area contributed by atoms with E-state index in [0.717, 1.165) is 25.0 Å². The Morgan fingerprint density at radius 3 is 2.79 bits per heavy atom. The lowest BCUT2D eigenvalue weighted by molar-refractivity contribution is 0.330. The van der Waals surface area contributed by atoms with Gasteiger partial charge in [0, 0.05) is 30.6 Å². The molecule has 1 aromatic heterocycles. The number of nitrogens with zero attached hydrogens (tertiary/aromatic N) is 1. The highest BCUT2D eigenvalue weighted by molar-refractivity contribution is 6.17. The molecule has 0 radical (unpaired) electrons. The minimum atomic E-state index is 0.236. The summed E-state index contributed by atoms with van der Waals surface area (Å²) in [5.41, 5.74) is 2.58. The summed E-state index contributed by atoms with van der Waals surface area (Å²) in [6, 6.07) is 10.4. The molecule has 19 heavy (non-hydrogen) atoms. The second kappa shape index (κ2) is 6.36. The summed E-state index contributed by atoms with van der Waals surface area (Å²) < 4.78 is 0. The predicted octanol–water partition coefficient (Wildman–Crippen LogP) is 3.98. The zero-order valence-electron chi connectivity index (χ0n) is 11.6. The smallest absolute Gasteiger partial charge is 0.0746 e. The van der Waals surface area contributed by atoms with Crippen molar-refractivity contribution >= 4 is 22.5 Å². The Labute approximate surface area is 120 Å². The highest BCUT2D eigenvalue weighted by Crippen LogP contribution is 2.20. The van der Waals surface area contributed by atoms with E-state index in [4.69, 9.17) is 11.6 Å². The summed E-state index contributed by atoms with van der Waals surface area (Å²) in [6.45, 7) is 6.29. The first-order chi connectivity index (χ1) is 9.12. The van der Waals surface area contributed by atoms with Gasteiger partial charge in [-0.1, -0.05) is 38.1 Å². The summed E-state index contributed by atoms with van der Waals surface area (Å²) in [4.78, 5) is 4.47. The zero-order valence-corrected chi connectivity index (χ0v) is 12.4. The molecule has 0 aliphatic heterocycles. The van der Waals surface area contributed by atoms with Crippen molar-refractivity contribution in [3.63, 3.8) is 0 Å². The molecule has 0 fully saturated rings. The molecule has 1 heterocycles. The molecule has 2 nitrogen and oxygen atoms in total. The highest BCUT2D eigenvalue weighted by atomic mass is 35.5. The van der Waals surface area contributed by atoms with Crippen LogP contribution in [-0.4, -0.2) is 17.4 Å². The van der Waals surface area contributed by atoms with Crippen LogP contribution in [0.2, 0.25) is 0 Å². The van der Waals surface area contributed by atoms with E-state index in [9.17, 15) is 0 Å². The van der Waals surface area contributed by atoms with Crippen LogP contribution >= 0.6 is 11.6 Å². The van der Waals surface area contributed by atoms with Gasteiger partial charge < -0.3 is 5.32 Å². The van der Waals surface area contributed by atoms with Crippen molar-refractivity contribution in [3.8, 4) is 0 Å². The molecule has 0 bridgehead atoms. The first-order valence-corrected chi connectivity index (χ1v) is 7.25. The average Bonchev–Trinajstić information content (AvgIpc) is 2.39. The van der Waals surface area contributed by atoms with Crippen LogP contribution in [0, 0.1) is 5.41 Å². The van der Waals surface area contributed by atoms with E-state index in [1.807, 2.05) is 12.3 Å². The Kier molecular flexibility index (Phi) is 4.78. The zero-order chi connectivity index (χ0) is 13.7. The van der Waals surface area contributed by atoms with Gasteiger partial charge in [-0.05, 0) is 23.5 Å². The SMILES string of the molecule is CC(C)(CCCl)CNCc1cccc2cccnc12. The number of hydrogen-bond acceptors (Lipinski definition) is 2. The van der Waals surface area contributed by atoms with E-state index in [1.54, 1.807) is 0 Å². The Bertz CT molecular complexity index is 532. The minimum absolute atomic E-state index is 0.236. The van der Waals surface area contributed by atoms with Gasteiger partial charge in [0.2, 0.25) is 0 Å². The Balaban J connectivity index is 2.02. The van der Waals surface area contributed by atoms with Gasteiger partial charge in [-0.15, -0.1) is 11.6 Å². The number of hydrogen-bond donors (Lipinski definition) is 1. The van der Waals surface area contributed by atoms with Crippen LogP contribution in [0.3, 0.4) is 0 Å². The molecule has 0 unspecified atom stereocenters. The second-order valence-electron chi connectivity index (χ2n) is 5.70. The van der Waals surface area contributed by atoms with E-state index in [1.165, 1.54) is 10.9 Å². The van der Waals surface area contributed by atoms with Gasteiger partial charge in [0.25, 0.3) is 0 Å². The van der Waals surface area contributed by atoms with Crippen molar-refractivity contribution in [2.24, 2.45) is 5.41 Å². The lowest BCUT2D eigenvalue weighted by Gasteiger charge is -2.24. The summed E-state index contributed by atoms with van der Waals surface area (Å²) in [5, 5.41) is 4.72. The lowest BCUT2D eigenvalue weighted by Crippen LogP contribution is -2.29. The molecule has 2 aromatic rings. The molecule has 2 rings (SSSR count). The van der Waals surface area contributed by atoms with Crippen molar-refractivity contribution in [2.45, 2.75) is 26.8 Å². The fourth-order valence-corrected chi connectivity index (χ4v) is 2.70. The second-order valence-corrected chi connectivity index (χ2v) is 6.08. The monoisotopic (exact) mass is 276 g/mol. The summed E-state index contributed by atoms with van der Waals surface area (Å²) in [5.74, 6) is 0.713.